The molecule has 0 aliphatic rings. The van der Waals surface area contributed by atoms with E-state index in [1.54, 1.807) is 24.8 Å². The molecule has 10 heteroatoms. The van der Waals surface area contributed by atoms with Crippen molar-refractivity contribution in [3.63, 3.8) is 0 Å². The Labute approximate surface area is 325 Å². The monoisotopic (exact) mass is 738 g/mol. The van der Waals surface area contributed by atoms with Crippen molar-refractivity contribution in [2.75, 3.05) is 17.2 Å². The van der Waals surface area contributed by atoms with Gasteiger partial charge in [-0.2, -0.15) is 5.10 Å². The molecule has 0 saturated carbocycles. The Kier molecular flexibility index (Phi) is 10.2. The van der Waals surface area contributed by atoms with Crippen molar-refractivity contribution in [2.24, 2.45) is 7.05 Å². The molecule has 10 nitrogen and oxygen atoms in total. The summed E-state index contributed by atoms with van der Waals surface area (Å²) >= 11 is 0. The van der Waals surface area contributed by atoms with Crippen molar-refractivity contribution in [2.45, 2.75) is 33.4 Å². The molecule has 3 aromatic heterocycles. The SMILES string of the molecule is Cc1cc(NC(=O)c2cnc3ccccc3c2)c(C(=O)Nc2ccc(CCN(Cc3ccc(-n4ccnc4)cc3)Cc3ccc4c(cnn4C)c3)cc2)cc1C. The zero-order chi connectivity index (χ0) is 38.6. The third-order valence-corrected chi connectivity index (χ3v) is 10.3. The molecule has 8 aromatic rings. The van der Waals surface area contributed by atoms with Gasteiger partial charge in [0.15, 0.2) is 0 Å². The highest BCUT2D eigenvalue weighted by Gasteiger charge is 2.18. The number of anilines is 2. The van der Waals surface area contributed by atoms with Crippen LogP contribution in [0.1, 0.15) is 48.5 Å². The Bertz CT molecular complexity index is 2660. The molecule has 3 heterocycles. The second-order valence-electron chi connectivity index (χ2n) is 14.3. The van der Waals surface area contributed by atoms with E-state index in [4.69, 9.17) is 0 Å². The predicted octanol–water partition coefficient (Wildman–Crippen LogP) is 8.67. The van der Waals surface area contributed by atoms with Gasteiger partial charge in [0.25, 0.3) is 11.8 Å². The van der Waals surface area contributed by atoms with Gasteiger partial charge in [-0.15, -0.1) is 0 Å². The first-order valence-electron chi connectivity index (χ1n) is 18.6. The average Bonchev–Trinajstić information content (AvgIpc) is 3.89. The number of nitrogens with zero attached hydrogens (tertiary/aromatic N) is 6. The number of para-hydroxylation sites is 1. The van der Waals surface area contributed by atoms with E-state index >= 15 is 0 Å². The van der Waals surface area contributed by atoms with Gasteiger partial charge in [-0.1, -0.05) is 48.5 Å². The Morgan fingerprint density at radius 1 is 0.732 bits per heavy atom. The number of benzene rings is 5. The van der Waals surface area contributed by atoms with E-state index in [-0.39, 0.29) is 11.8 Å². The van der Waals surface area contributed by atoms with Gasteiger partial charge in [0.2, 0.25) is 0 Å². The molecule has 0 bridgehead atoms. The number of amides is 2. The lowest BCUT2D eigenvalue weighted by molar-refractivity contribution is 0.102. The van der Waals surface area contributed by atoms with Gasteiger partial charge in [0.1, 0.15) is 0 Å². The molecule has 0 unspecified atom stereocenters. The van der Waals surface area contributed by atoms with Crippen LogP contribution in [0.5, 0.6) is 0 Å². The maximum Gasteiger partial charge on any atom is 0.257 e. The maximum absolute atomic E-state index is 13.7. The van der Waals surface area contributed by atoms with Crippen LogP contribution in [0.15, 0.2) is 140 Å². The number of carbonyl (C=O) groups is 2. The largest absolute Gasteiger partial charge is 0.322 e. The number of pyridine rings is 1. The smallest absolute Gasteiger partial charge is 0.257 e. The van der Waals surface area contributed by atoms with Crippen molar-refractivity contribution in [1.82, 2.24) is 29.2 Å². The molecule has 0 atom stereocenters. The van der Waals surface area contributed by atoms with Crippen molar-refractivity contribution in [3.8, 4) is 5.69 Å². The van der Waals surface area contributed by atoms with E-state index < -0.39 is 0 Å². The van der Waals surface area contributed by atoms with E-state index in [1.807, 2.05) is 91.1 Å². The molecule has 0 radical (unpaired) electrons. The van der Waals surface area contributed by atoms with Gasteiger partial charge in [0.05, 0.1) is 40.4 Å². The number of fused-ring (bicyclic) bond motifs is 2. The molecule has 2 N–H and O–H groups in total. The number of carbonyl (C=O) groups excluding carboxylic acids is 2. The highest BCUT2D eigenvalue weighted by Crippen LogP contribution is 2.25. The van der Waals surface area contributed by atoms with Gasteiger partial charge in [-0.25, -0.2) is 4.98 Å². The van der Waals surface area contributed by atoms with Crippen molar-refractivity contribution < 1.29 is 9.59 Å². The number of aryl methyl sites for hydroxylation is 3. The molecule has 0 aliphatic carbocycles. The van der Waals surface area contributed by atoms with Gasteiger partial charge in [0, 0.05) is 67.4 Å². The first-order chi connectivity index (χ1) is 27.3. The molecule has 56 heavy (non-hydrogen) atoms. The maximum atomic E-state index is 13.7. The van der Waals surface area contributed by atoms with Crippen LogP contribution in [0.4, 0.5) is 11.4 Å². The van der Waals surface area contributed by atoms with Crippen LogP contribution in [0, 0.1) is 13.8 Å². The molecule has 0 fully saturated rings. The highest BCUT2D eigenvalue weighted by molar-refractivity contribution is 6.13. The van der Waals surface area contributed by atoms with E-state index in [9.17, 15) is 9.59 Å². The Balaban J connectivity index is 0.949. The normalized spacial score (nSPS) is 11.4. The van der Waals surface area contributed by atoms with Crippen LogP contribution in [-0.2, 0) is 26.6 Å². The number of imidazole rings is 1. The second kappa shape index (κ2) is 15.8. The van der Waals surface area contributed by atoms with Crippen molar-refractivity contribution in [3.05, 3.63) is 179 Å². The summed E-state index contributed by atoms with van der Waals surface area (Å²) in [5.41, 5.74) is 10.5. The standard InChI is InChI=1S/C46H42N8O2/c1-31-22-41(43(23-32(31)2)51-45(55)38-25-36-6-4-5-7-42(36)48-26-38)46(56)50-39-13-8-33(9-14-39)18-20-53(29-35-12-17-44-37(24-35)27-49-52(44)3)28-34-10-15-40(16-11-34)54-21-19-47-30-54/h4-17,19,21-27,30H,18,20,28-29H2,1-3H3,(H,50,56)(H,51,55). The number of hydrogen-bond donors (Lipinski definition) is 2. The Morgan fingerprint density at radius 2 is 1.48 bits per heavy atom. The third-order valence-electron chi connectivity index (χ3n) is 10.3. The summed E-state index contributed by atoms with van der Waals surface area (Å²) in [6, 6.07) is 36.3. The van der Waals surface area contributed by atoms with Crippen molar-refractivity contribution >= 4 is 45.0 Å². The average molecular weight is 739 g/mol. The molecule has 0 saturated heterocycles. The second-order valence-corrected chi connectivity index (χ2v) is 14.3. The summed E-state index contributed by atoms with van der Waals surface area (Å²) in [4.78, 5) is 38.1. The number of aromatic nitrogens is 5. The summed E-state index contributed by atoms with van der Waals surface area (Å²) in [5.74, 6) is -0.633. The number of rotatable bonds is 12. The van der Waals surface area contributed by atoms with Crippen LogP contribution in [0.3, 0.4) is 0 Å². The van der Waals surface area contributed by atoms with E-state index in [0.717, 1.165) is 70.2 Å². The molecule has 0 spiro atoms. The van der Waals surface area contributed by atoms with Crippen LogP contribution in [-0.4, -0.2) is 47.6 Å². The first-order valence-corrected chi connectivity index (χ1v) is 18.6. The minimum atomic E-state index is -0.330. The topological polar surface area (TPSA) is 110 Å². The Morgan fingerprint density at radius 3 is 2.29 bits per heavy atom. The first kappa shape index (κ1) is 36.1. The zero-order valence-electron chi connectivity index (χ0n) is 31.6. The fraction of sp³-hybridized carbons (Fsp3) is 0.152. The van der Waals surface area contributed by atoms with Crippen LogP contribution < -0.4 is 10.6 Å². The summed E-state index contributed by atoms with van der Waals surface area (Å²) in [6.45, 7) is 6.32. The molecule has 8 rings (SSSR count). The predicted molar refractivity (Wildman–Crippen MR) is 222 cm³/mol. The van der Waals surface area contributed by atoms with E-state index in [0.29, 0.717) is 22.5 Å². The Hall–Kier alpha value is -6.91. The molecule has 5 aromatic carbocycles. The fourth-order valence-electron chi connectivity index (χ4n) is 6.96. The third kappa shape index (κ3) is 8.11. The van der Waals surface area contributed by atoms with E-state index in [2.05, 4.69) is 85.2 Å². The van der Waals surface area contributed by atoms with Gasteiger partial charge >= 0.3 is 0 Å². The fourth-order valence-corrected chi connectivity index (χ4v) is 6.96. The minimum absolute atomic E-state index is 0.302. The van der Waals surface area contributed by atoms with Crippen LogP contribution >= 0.6 is 0 Å². The quantitative estimate of drug-likeness (QED) is 0.130. The summed E-state index contributed by atoms with van der Waals surface area (Å²) in [6.07, 6.45) is 9.83. The van der Waals surface area contributed by atoms with E-state index in [1.165, 1.54) is 11.1 Å². The minimum Gasteiger partial charge on any atom is -0.322 e. The summed E-state index contributed by atoms with van der Waals surface area (Å²) < 4.78 is 3.90. The zero-order valence-corrected chi connectivity index (χ0v) is 31.6. The molecular weight excluding hydrogens is 697 g/mol. The van der Waals surface area contributed by atoms with Crippen LogP contribution in [0.2, 0.25) is 0 Å². The number of hydrogen-bond acceptors (Lipinski definition) is 6. The molecule has 0 aliphatic heterocycles. The lowest BCUT2D eigenvalue weighted by atomic mass is 10.0. The van der Waals surface area contributed by atoms with Crippen LogP contribution in [0.25, 0.3) is 27.5 Å². The highest BCUT2D eigenvalue weighted by atomic mass is 16.2. The number of nitrogens with one attached hydrogen (secondary N) is 2. The lowest BCUT2D eigenvalue weighted by Gasteiger charge is -2.23. The molecule has 278 valence electrons. The summed E-state index contributed by atoms with van der Waals surface area (Å²) in [7, 11) is 1.96. The molecule has 2 amide bonds. The molecular formula is C46H42N8O2. The van der Waals surface area contributed by atoms with Gasteiger partial charge in [-0.3, -0.25) is 24.2 Å². The summed E-state index contributed by atoms with van der Waals surface area (Å²) in [5, 5.41) is 12.4. The van der Waals surface area contributed by atoms with Gasteiger partial charge in [-0.05, 0) is 109 Å². The van der Waals surface area contributed by atoms with Gasteiger partial charge < -0.3 is 15.2 Å². The lowest BCUT2D eigenvalue weighted by Crippen LogP contribution is -2.25. The van der Waals surface area contributed by atoms with Crippen molar-refractivity contribution in [1.29, 1.82) is 0 Å².